The summed E-state index contributed by atoms with van der Waals surface area (Å²) in [6.45, 7) is 15.0. The lowest BCUT2D eigenvalue weighted by Gasteiger charge is -2.35. The van der Waals surface area contributed by atoms with Crippen molar-refractivity contribution in [3.8, 4) is 0 Å². The summed E-state index contributed by atoms with van der Waals surface area (Å²) in [5.74, 6) is 1.47. The Morgan fingerprint density at radius 1 is 1.26 bits per heavy atom. The van der Waals surface area contributed by atoms with Crippen LogP contribution in [0.25, 0.3) is 0 Å². The van der Waals surface area contributed by atoms with Gasteiger partial charge in [0.1, 0.15) is 0 Å². The van der Waals surface area contributed by atoms with Gasteiger partial charge in [-0.05, 0) is 49.5 Å². The standard InChI is InChI=1S/C17H35NO/c1-14(2)12-18-13-17(5,15(3)4)10-6-8-16-9-7-11-19-16/h14-16,18H,6-13H2,1-5H3. The summed E-state index contributed by atoms with van der Waals surface area (Å²) in [4.78, 5) is 0. The monoisotopic (exact) mass is 269 g/mol. The van der Waals surface area contributed by atoms with Crippen molar-refractivity contribution in [1.29, 1.82) is 0 Å². The molecule has 114 valence electrons. The van der Waals surface area contributed by atoms with E-state index in [0.29, 0.717) is 11.5 Å². The molecule has 0 radical (unpaired) electrons. The van der Waals surface area contributed by atoms with Crippen LogP contribution < -0.4 is 5.32 Å². The van der Waals surface area contributed by atoms with E-state index in [-0.39, 0.29) is 0 Å². The molecule has 2 nitrogen and oxygen atoms in total. The van der Waals surface area contributed by atoms with E-state index in [2.05, 4.69) is 39.9 Å². The SMILES string of the molecule is CC(C)CNCC(C)(CCCC1CCCO1)C(C)C. The summed E-state index contributed by atoms with van der Waals surface area (Å²) >= 11 is 0. The predicted molar refractivity (Wildman–Crippen MR) is 83.5 cm³/mol. The average Bonchev–Trinajstić information content (AvgIpc) is 2.81. The minimum absolute atomic E-state index is 0.424. The van der Waals surface area contributed by atoms with Crippen LogP contribution in [-0.2, 0) is 4.74 Å². The highest BCUT2D eigenvalue weighted by Crippen LogP contribution is 2.33. The van der Waals surface area contributed by atoms with Crippen LogP contribution in [0.15, 0.2) is 0 Å². The maximum Gasteiger partial charge on any atom is 0.0576 e. The third kappa shape index (κ3) is 6.27. The van der Waals surface area contributed by atoms with Crippen LogP contribution >= 0.6 is 0 Å². The van der Waals surface area contributed by atoms with Gasteiger partial charge in [-0.1, -0.05) is 41.0 Å². The summed E-state index contributed by atoms with van der Waals surface area (Å²) in [6, 6.07) is 0. The Hall–Kier alpha value is -0.0800. The van der Waals surface area contributed by atoms with E-state index in [1.807, 2.05) is 0 Å². The molecule has 1 aliphatic heterocycles. The van der Waals surface area contributed by atoms with Crippen molar-refractivity contribution in [3.63, 3.8) is 0 Å². The van der Waals surface area contributed by atoms with Gasteiger partial charge >= 0.3 is 0 Å². The van der Waals surface area contributed by atoms with Crippen LogP contribution in [0.1, 0.15) is 66.7 Å². The van der Waals surface area contributed by atoms with Crippen LogP contribution in [0.2, 0.25) is 0 Å². The molecule has 1 aliphatic rings. The summed E-state index contributed by atoms with van der Waals surface area (Å²) < 4.78 is 5.73. The minimum Gasteiger partial charge on any atom is -0.378 e. The van der Waals surface area contributed by atoms with E-state index in [1.165, 1.54) is 32.1 Å². The lowest BCUT2D eigenvalue weighted by atomic mass is 9.75. The number of hydrogen-bond acceptors (Lipinski definition) is 2. The van der Waals surface area contributed by atoms with Crippen molar-refractivity contribution in [3.05, 3.63) is 0 Å². The fourth-order valence-electron chi connectivity index (χ4n) is 2.83. The molecule has 0 spiro atoms. The molecule has 0 aliphatic carbocycles. The van der Waals surface area contributed by atoms with Gasteiger partial charge in [-0.15, -0.1) is 0 Å². The molecule has 0 aromatic carbocycles. The molecule has 2 unspecified atom stereocenters. The Morgan fingerprint density at radius 2 is 2.00 bits per heavy atom. The van der Waals surface area contributed by atoms with E-state index in [4.69, 9.17) is 4.74 Å². The smallest absolute Gasteiger partial charge is 0.0576 e. The van der Waals surface area contributed by atoms with Gasteiger partial charge in [0.25, 0.3) is 0 Å². The van der Waals surface area contributed by atoms with E-state index in [9.17, 15) is 0 Å². The Bertz CT molecular complexity index is 233. The topological polar surface area (TPSA) is 21.3 Å². The highest BCUT2D eigenvalue weighted by Gasteiger charge is 2.28. The molecule has 0 aromatic rings. The van der Waals surface area contributed by atoms with Gasteiger partial charge in [0.15, 0.2) is 0 Å². The average molecular weight is 269 g/mol. The molecule has 1 saturated heterocycles. The first-order chi connectivity index (χ1) is 8.94. The van der Waals surface area contributed by atoms with Gasteiger partial charge in [0.05, 0.1) is 6.10 Å². The zero-order valence-electron chi connectivity index (χ0n) is 13.8. The molecule has 1 fully saturated rings. The molecule has 1 N–H and O–H groups in total. The number of hydrogen-bond donors (Lipinski definition) is 1. The number of nitrogens with one attached hydrogen (secondary N) is 1. The first kappa shape index (κ1) is 17.0. The Morgan fingerprint density at radius 3 is 2.53 bits per heavy atom. The van der Waals surface area contributed by atoms with Crippen molar-refractivity contribution < 1.29 is 4.74 Å². The fraction of sp³-hybridized carbons (Fsp3) is 1.00. The van der Waals surface area contributed by atoms with Crippen LogP contribution in [0, 0.1) is 17.3 Å². The Kier molecular flexibility index (Phi) is 7.38. The van der Waals surface area contributed by atoms with E-state index < -0.39 is 0 Å². The lowest BCUT2D eigenvalue weighted by molar-refractivity contribution is 0.0939. The second-order valence-electron chi connectivity index (χ2n) is 7.36. The largest absolute Gasteiger partial charge is 0.378 e. The zero-order chi connectivity index (χ0) is 14.3. The summed E-state index contributed by atoms with van der Waals surface area (Å²) in [7, 11) is 0. The second-order valence-corrected chi connectivity index (χ2v) is 7.36. The van der Waals surface area contributed by atoms with Crippen LogP contribution in [0.4, 0.5) is 0 Å². The second kappa shape index (κ2) is 8.26. The van der Waals surface area contributed by atoms with Gasteiger partial charge in [-0.25, -0.2) is 0 Å². The maximum atomic E-state index is 5.73. The van der Waals surface area contributed by atoms with Gasteiger partial charge < -0.3 is 10.1 Å². The molecule has 1 heterocycles. The molecule has 0 aromatic heterocycles. The molecule has 0 bridgehead atoms. The van der Waals surface area contributed by atoms with Crippen molar-refractivity contribution >= 4 is 0 Å². The first-order valence-corrected chi connectivity index (χ1v) is 8.26. The van der Waals surface area contributed by atoms with Crippen molar-refractivity contribution in [2.24, 2.45) is 17.3 Å². The maximum absolute atomic E-state index is 5.73. The first-order valence-electron chi connectivity index (χ1n) is 8.26. The molecule has 19 heavy (non-hydrogen) atoms. The molecular weight excluding hydrogens is 234 g/mol. The van der Waals surface area contributed by atoms with Gasteiger partial charge in [0.2, 0.25) is 0 Å². The quantitative estimate of drug-likeness (QED) is 0.676. The molecule has 2 atom stereocenters. The molecule has 1 rings (SSSR count). The van der Waals surface area contributed by atoms with Crippen molar-refractivity contribution in [1.82, 2.24) is 5.32 Å². The molecular formula is C17H35NO. The van der Waals surface area contributed by atoms with E-state index in [1.54, 1.807) is 0 Å². The predicted octanol–water partition coefficient (Wildman–Crippen LogP) is 4.24. The fourth-order valence-corrected chi connectivity index (χ4v) is 2.83. The zero-order valence-corrected chi connectivity index (χ0v) is 13.8. The third-order valence-electron chi connectivity index (χ3n) is 4.77. The van der Waals surface area contributed by atoms with E-state index in [0.717, 1.165) is 31.5 Å². The van der Waals surface area contributed by atoms with Crippen LogP contribution in [0.5, 0.6) is 0 Å². The molecule has 0 saturated carbocycles. The number of rotatable bonds is 9. The summed E-state index contributed by atoms with van der Waals surface area (Å²) in [5.41, 5.74) is 0.424. The highest BCUT2D eigenvalue weighted by molar-refractivity contribution is 4.81. The molecule has 2 heteroatoms. The Balaban J connectivity index is 2.28. The van der Waals surface area contributed by atoms with Crippen LogP contribution in [-0.4, -0.2) is 25.8 Å². The normalized spacial score (nSPS) is 23.2. The highest BCUT2D eigenvalue weighted by atomic mass is 16.5. The third-order valence-corrected chi connectivity index (χ3v) is 4.77. The molecule has 0 amide bonds. The van der Waals surface area contributed by atoms with Crippen molar-refractivity contribution in [2.45, 2.75) is 72.8 Å². The van der Waals surface area contributed by atoms with Gasteiger partial charge in [-0.2, -0.15) is 0 Å². The van der Waals surface area contributed by atoms with Crippen molar-refractivity contribution in [2.75, 3.05) is 19.7 Å². The summed E-state index contributed by atoms with van der Waals surface area (Å²) in [5, 5.41) is 3.65. The summed E-state index contributed by atoms with van der Waals surface area (Å²) in [6.07, 6.45) is 6.98. The van der Waals surface area contributed by atoms with Gasteiger partial charge in [-0.3, -0.25) is 0 Å². The Labute approximate surface area is 120 Å². The number of ether oxygens (including phenoxy) is 1. The lowest BCUT2D eigenvalue weighted by Crippen LogP contribution is -2.37. The van der Waals surface area contributed by atoms with Crippen LogP contribution in [0.3, 0.4) is 0 Å². The minimum atomic E-state index is 0.424. The van der Waals surface area contributed by atoms with Gasteiger partial charge in [0, 0.05) is 13.2 Å². The van der Waals surface area contributed by atoms with E-state index >= 15 is 0 Å².